The zero-order valence-electron chi connectivity index (χ0n) is 17.1. The van der Waals surface area contributed by atoms with Crippen LogP contribution in [-0.2, 0) is 9.53 Å². The van der Waals surface area contributed by atoms with Gasteiger partial charge in [-0.2, -0.15) is 0 Å². The summed E-state index contributed by atoms with van der Waals surface area (Å²) in [7, 11) is 1.46. The number of methoxy groups -OCH3 is 1. The number of carbonyl (C=O) groups excluding carboxylic acids is 2. The van der Waals surface area contributed by atoms with Gasteiger partial charge in [-0.25, -0.2) is 0 Å². The van der Waals surface area contributed by atoms with Gasteiger partial charge >= 0.3 is 5.97 Å². The van der Waals surface area contributed by atoms with E-state index in [4.69, 9.17) is 27.9 Å². The van der Waals surface area contributed by atoms with Crippen molar-refractivity contribution in [3.63, 3.8) is 0 Å². The second kappa shape index (κ2) is 8.30. The molecule has 2 aromatic rings. The number of halogens is 2. The Bertz CT molecular complexity index is 1080. The van der Waals surface area contributed by atoms with Gasteiger partial charge in [0.2, 0.25) is 0 Å². The highest BCUT2D eigenvalue weighted by Crippen LogP contribution is 2.49. The molecule has 0 aromatic carbocycles. The molecule has 2 N–H and O–H groups in total. The summed E-state index contributed by atoms with van der Waals surface area (Å²) in [6.45, 7) is 0. The van der Waals surface area contributed by atoms with Crippen molar-refractivity contribution in [2.75, 3.05) is 7.11 Å². The molecule has 5 atom stereocenters. The number of hydrogen-bond acceptors (Lipinski definition) is 4. The Morgan fingerprint density at radius 3 is 2.77 bits per heavy atom. The number of allylic oxidation sites excluding steroid dienone is 4. The summed E-state index contributed by atoms with van der Waals surface area (Å²) < 4.78 is 6.56. The Morgan fingerprint density at radius 1 is 1.29 bits per heavy atom. The van der Waals surface area contributed by atoms with Gasteiger partial charge in [0.05, 0.1) is 28.3 Å². The molecule has 8 heteroatoms. The van der Waals surface area contributed by atoms with Gasteiger partial charge in [0.1, 0.15) is 10.0 Å². The first-order chi connectivity index (χ1) is 15.0. The number of esters is 1. The number of fused-ring (bicyclic) bond motifs is 2. The molecule has 2 fully saturated rings. The van der Waals surface area contributed by atoms with E-state index in [1.54, 1.807) is 6.07 Å². The number of H-pyrrole nitrogens is 1. The van der Waals surface area contributed by atoms with Crippen LogP contribution in [-0.4, -0.2) is 30.0 Å². The van der Waals surface area contributed by atoms with Gasteiger partial charge in [0.25, 0.3) is 5.91 Å². The number of thiophene rings is 1. The Hall–Kier alpha value is -1.76. The first-order valence-corrected chi connectivity index (χ1v) is 12.2. The standard InChI is InChI=1S/C23H24Cl2N2O3S/c1-30-23(29)14(8-11-6-7-11)18-13-5-3-2-4-12(13)9-15(18)27-22(28)16-10-17-20(26-16)19(24)21(25)31-17/h2-5,10-15,18,26H,6-9H2,1H3,(H,27,28)/t12?,13?,14?,15-,18+/m1/s1. The maximum atomic E-state index is 13.1. The lowest BCUT2D eigenvalue weighted by Crippen LogP contribution is -2.44. The maximum Gasteiger partial charge on any atom is 0.309 e. The third kappa shape index (κ3) is 3.94. The average molecular weight is 479 g/mol. The summed E-state index contributed by atoms with van der Waals surface area (Å²) in [5, 5.41) is 3.66. The first kappa shape index (κ1) is 21.1. The molecule has 0 saturated heterocycles. The van der Waals surface area contributed by atoms with Crippen LogP contribution in [0.4, 0.5) is 0 Å². The molecule has 3 aliphatic rings. The summed E-state index contributed by atoms with van der Waals surface area (Å²) in [5.41, 5.74) is 1.14. The molecule has 3 unspecified atom stereocenters. The van der Waals surface area contributed by atoms with Crippen LogP contribution in [0.3, 0.4) is 0 Å². The van der Waals surface area contributed by atoms with Gasteiger partial charge in [0, 0.05) is 6.04 Å². The third-order valence-corrected chi connectivity index (χ3v) is 8.85. The van der Waals surface area contributed by atoms with E-state index in [1.807, 2.05) is 0 Å². The highest BCUT2D eigenvalue weighted by Gasteiger charge is 2.49. The number of amides is 1. The number of hydrogen-bond donors (Lipinski definition) is 2. The van der Waals surface area contributed by atoms with Crippen LogP contribution in [0.25, 0.3) is 10.2 Å². The molecule has 5 nitrogen and oxygen atoms in total. The second-order valence-electron chi connectivity index (χ2n) is 8.82. The molecular formula is C23H24Cl2N2O3S. The van der Waals surface area contributed by atoms with Crippen LogP contribution in [0.15, 0.2) is 30.4 Å². The molecule has 0 aliphatic heterocycles. The molecule has 0 spiro atoms. The SMILES string of the molecule is COC(=O)C(CC1CC1)[C@@H]1C2C=CC=CC2C[C@H]1NC(=O)c1cc2sc(Cl)c(Cl)c2[nH]1. The van der Waals surface area contributed by atoms with Crippen LogP contribution in [0, 0.1) is 29.6 Å². The molecule has 164 valence electrons. The minimum absolute atomic E-state index is 0.0114. The number of carbonyl (C=O) groups is 2. The molecule has 5 rings (SSSR count). The van der Waals surface area contributed by atoms with Crippen LogP contribution in [0.1, 0.15) is 36.2 Å². The van der Waals surface area contributed by atoms with Crippen molar-refractivity contribution in [2.24, 2.45) is 29.6 Å². The lowest BCUT2D eigenvalue weighted by Gasteiger charge is -2.31. The predicted molar refractivity (Wildman–Crippen MR) is 124 cm³/mol. The van der Waals surface area contributed by atoms with E-state index in [1.165, 1.54) is 31.3 Å². The first-order valence-electron chi connectivity index (χ1n) is 10.7. The van der Waals surface area contributed by atoms with Gasteiger partial charge in [-0.1, -0.05) is 60.3 Å². The lowest BCUT2D eigenvalue weighted by atomic mass is 9.76. The lowest BCUT2D eigenvalue weighted by molar-refractivity contribution is -0.148. The van der Waals surface area contributed by atoms with Gasteiger partial charge < -0.3 is 15.0 Å². The smallest absolute Gasteiger partial charge is 0.309 e. The van der Waals surface area contributed by atoms with Crippen LogP contribution < -0.4 is 5.32 Å². The maximum absolute atomic E-state index is 13.1. The molecule has 3 aliphatic carbocycles. The van der Waals surface area contributed by atoms with Gasteiger partial charge in [-0.05, 0) is 42.6 Å². The van der Waals surface area contributed by atoms with E-state index >= 15 is 0 Å². The Kier molecular flexibility index (Phi) is 5.65. The van der Waals surface area contributed by atoms with Crippen molar-refractivity contribution in [3.05, 3.63) is 45.4 Å². The van der Waals surface area contributed by atoms with Gasteiger partial charge in [-0.15, -0.1) is 11.3 Å². The van der Waals surface area contributed by atoms with Crippen molar-refractivity contribution in [3.8, 4) is 0 Å². The van der Waals surface area contributed by atoms with Crippen molar-refractivity contribution in [2.45, 2.75) is 31.7 Å². The molecule has 2 aromatic heterocycles. The zero-order chi connectivity index (χ0) is 21.7. The van der Waals surface area contributed by atoms with E-state index < -0.39 is 0 Å². The van der Waals surface area contributed by atoms with Crippen molar-refractivity contribution < 1.29 is 14.3 Å². The monoisotopic (exact) mass is 478 g/mol. The number of ether oxygens (including phenoxy) is 1. The molecule has 1 amide bonds. The molecule has 31 heavy (non-hydrogen) atoms. The largest absolute Gasteiger partial charge is 0.469 e. The Balaban J connectivity index is 1.42. The fourth-order valence-electron chi connectivity index (χ4n) is 5.30. The highest BCUT2D eigenvalue weighted by atomic mass is 35.5. The zero-order valence-corrected chi connectivity index (χ0v) is 19.4. The normalized spacial score (nSPS) is 28.0. The van der Waals surface area contributed by atoms with E-state index in [0.29, 0.717) is 32.4 Å². The predicted octanol–water partition coefficient (Wildman–Crippen LogP) is 5.60. The number of nitrogens with one attached hydrogen (secondary N) is 2. The minimum atomic E-state index is -0.214. The minimum Gasteiger partial charge on any atom is -0.469 e. The number of aromatic nitrogens is 1. The van der Waals surface area contributed by atoms with Crippen LogP contribution in [0.5, 0.6) is 0 Å². The Labute approximate surface area is 194 Å². The topological polar surface area (TPSA) is 71.2 Å². The molecule has 0 bridgehead atoms. The van der Waals surface area contributed by atoms with Crippen LogP contribution >= 0.6 is 34.5 Å². The average Bonchev–Trinajstić information content (AvgIpc) is 3.28. The third-order valence-electron chi connectivity index (χ3n) is 6.92. The van der Waals surface area contributed by atoms with Gasteiger partial charge in [0.15, 0.2) is 0 Å². The molecule has 2 saturated carbocycles. The molecule has 2 heterocycles. The van der Waals surface area contributed by atoms with E-state index in [9.17, 15) is 9.59 Å². The summed E-state index contributed by atoms with van der Waals surface area (Å²) in [4.78, 5) is 29.0. The summed E-state index contributed by atoms with van der Waals surface area (Å²) in [6, 6.07) is 1.67. The highest BCUT2D eigenvalue weighted by molar-refractivity contribution is 7.23. The Morgan fingerprint density at radius 2 is 2.06 bits per heavy atom. The summed E-state index contributed by atoms with van der Waals surface area (Å²) in [5.74, 6) is 0.565. The van der Waals surface area contributed by atoms with E-state index in [0.717, 1.165) is 17.5 Å². The van der Waals surface area contributed by atoms with E-state index in [2.05, 4.69) is 34.6 Å². The summed E-state index contributed by atoms with van der Waals surface area (Å²) >= 11 is 13.7. The molecular weight excluding hydrogens is 455 g/mol. The van der Waals surface area contributed by atoms with Gasteiger partial charge in [-0.3, -0.25) is 9.59 Å². The van der Waals surface area contributed by atoms with Crippen LogP contribution in [0.2, 0.25) is 9.36 Å². The molecule has 0 radical (unpaired) electrons. The fraction of sp³-hybridized carbons (Fsp3) is 0.478. The summed E-state index contributed by atoms with van der Waals surface area (Å²) in [6.07, 6.45) is 12.5. The van der Waals surface area contributed by atoms with Crippen molar-refractivity contribution in [1.82, 2.24) is 10.3 Å². The van der Waals surface area contributed by atoms with Crippen molar-refractivity contribution >= 4 is 56.6 Å². The van der Waals surface area contributed by atoms with E-state index in [-0.39, 0.29) is 35.7 Å². The quantitative estimate of drug-likeness (QED) is 0.530. The number of aromatic amines is 1. The number of rotatable bonds is 6. The van der Waals surface area contributed by atoms with Crippen molar-refractivity contribution in [1.29, 1.82) is 0 Å². The fourth-order valence-corrected chi connectivity index (χ4v) is 6.79. The second-order valence-corrected chi connectivity index (χ2v) is 10.9.